The largest absolute Gasteiger partial charge is 0.396 e. The quantitative estimate of drug-likeness (QED) is 0.215. The molecule has 3 aliphatic heterocycles. The number of fused-ring (bicyclic) bond motifs is 1. The van der Waals surface area contributed by atoms with Crippen LogP contribution in [0.15, 0.2) is 49.6 Å². The monoisotopic (exact) mass is 610 g/mol. The summed E-state index contributed by atoms with van der Waals surface area (Å²) in [6.07, 6.45) is 6.91. The number of amides is 3. The minimum absolute atomic E-state index is 0.00461. The van der Waals surface area contributed by atoms with E-state index in [1.165, 1.54) is 0 Å². The molecule has 2 bridgehead atoms. The van der Waals surface area contributed by atoms with Gasteiger partial charge in [0.2, 0.25) is 11.8 Å². The topological polar surface area (TPSA) is 84.4 Å². The van der Waals surface area contributed by atoms with Gasteiger partial charge in [-0.05, 0) is 77.1 Å². The van der Waals surface area contributed by atoms with E-state index in [0.717, 1.165) is 37.3 Å². The molecule has 3 saturated heterocycles. The van der Waals surface area contributed by atoms with Gasteiger partial charge >= 0.3 is 0 Å². The van der Waals surface area contributed by atoms with Crippen molar-refractivity contribution in [3.05, 3.63) is 49.6 Å². The van der Waals surface area contributed by atoms with Crippen LogP contribution < -0.4 is 9.80 Å². The molecule has 4 rings (SSSR count). The van der Waals surface area contributed by atoms with E-state index in [9.17, 15) is 19.5 Å². The molecule has 0 radical (unpaired) electrons. The normalized spacial score (nSPS) is 27.2. The molecule has 0 aliphatic carbocycles. The van der Waals surface area contributed by atoms with Crippen molar-refractivity contribution in [2.75, 3.05) is 55.7 Å². The summed E-state index contributed by atoms with van der Waals surface area (Å²) in [4.78, 5) is 51.0. The maximum Gasteiger partial charge on any atom is 0.251 e. The summed E-state index contributed by atoms with van der Waals surface area (Å²) in [7, 11) is 0. The van der Waals surface area contributed by atoms with Crippen molar-refractivity contribution >= 4 is 40.9 Å². The molecule has 3 fully saturated rings. The Morgan fingerprint density at radius 3 is 2.26 bits per heavy atom. The van der Waals surface area contributed by atoms with E-state index in [1.54, 1.807) is 33.7 Å². The standard InChI is InChI=1S/C34H50N4O4S/c1-7-20-36(21-8-2)30(40)27-28-31(41)38(23-12-13-24-39)29(34(28)19-18-33(27,6)43-34)32(42)37(22-9-3)26-16-14-25(15-17-26)35(10-4)11-5/h7,9,14-17,27-29,39H,1,3,8,10-13,18-24H2,2,4-6H3/t27-,28+,29?,33+,34?/m1/s1. The van der Waals surface area contributed by atoms with Crippen LogP contribution in [0.5, 0.6) is 0 Å². The first kappa shape index (κ1) is 33.1. The van der Waals surface area contributed by atoms with E-state index in [4.69, 9.17) is 0 Å². The summed E-state index contributed by atoms with van der Waals surface area (Å²) in [6, 6.07) is 7.33. The Labute approximate surface area is 262 Å². The van der Waals surface area contributed by atoms with Crippen LogP contribution in [0.4, 0.5) is 11.4 Å². The smallest absolute Gasteiger partial charge is 0.251 e. The number of likely N-dealkylation sites (tertiary alicyclic amines) is 1. The molecule has 2 unspecified atom stereocenters. The Hall–Kier alpha value is -2.78. The van der Waals surface area contributed by atoms with E-state index >= 15 is 0 Å². The van der Waals surface area contributed by atoms with Gasteiger partial charge in [0.25, 0.3) is 5.91 Å². The van der Waals surface area contributed by atoms with Crippen molar-refractivity contribution in [2.24, 2.45) is 11.8 Å². The molecule has 8 nitrogen and oxygen atoms in total. The van der Waals surface area contributed by atoms with Crippen molar-refractivity contribution in [2.45, 2.75) is 75.3 Å². The zero-order valence-corrected chi connectivity index (χ0v) is 27.3. The van der Waals surface area contributed by atoms with Gasteiger partial charge in [-0.3, -0.25) is 14.4 Å². The number of anilines is 2. The van der Waals surface area contributed by atoms with Crippen LogP contribution in [-0.4, -0.2) is 94.0 Å². The highest BCUT2D eigenvalue weighted by Gasteiger charge is 2.77. The number of aliphatic hydroxyl groups excluding tert-OH is 1. The van der Waals surface area contributed by atoms with Crippen LogP contribution >= 0.6 is 11.8 Å². The van der Waals surface area contributed by atoms with Gasteiger partial charge in [0.05, 0.1) is 16.6 Å². The molecule has 1 N–H and O–H groups in total. The van der Waals surface area contributed by atoms with Gasteiger partial charge in [-0.15, -0.1) is 24.9 Å². The predicted octanol–water partition coefficient (Wildman–Crippen LogP) is 4.73. The van der Waals surface area contributed by atoms with Crippen LogP contribution in [0.2, 0.25) is 0 Å². The number of rotatable bonds is 16. The zero-order chi connectivity index (χ0) is 31.4. The second-order valence-electron chi connectivity index (χ2n) is 12.2. The molecule has 1 aromatic rings. The lowest BCUT2D eigenvalue weighted by atomic mass is 9.66. The molecule has 236 valence electrons. The van der Waals surface area contributed by atoms with E-state index < -0.39 is 27.4 Å². The van der Waals surface area contributed by atoms with E-state index in [-0.39, 0.29) is 24.3 Å². The van der Waals surface area contributed by atoms with Crippen molar-refractivity contribution in [1.82, 2.24) is 9.80 Å². The molecule has 0 aromatic heterocycles. The average molecular weight is 611 g/mol. The highest BCUT2D eigenvalue weighted by molar-refractivity contribution is 8.02. The third-order valence-corrected chi connectivity index (χ3v) is 11.6. The fraction of sp³-hybridized carbons (Fsp3) is 0.618. The maximum atomic E-state index is 14.8. The second-order valence-corrected chi connectivity index (χ2v) is 14.1. The van der Waals surface area contributed by atoms with Crippen molar-refractivity contribution in [1.29, 1.82) is 0 Å². The molecule has 3 aliphatic rings. The lowest BCUT2D eigenvalue weighted by molar-refractivity contribution is -0.145. The third-order valence-electron chi connectivity index (χ3n) is 9.61. The van der Waals surface area contributed by atoms with E-state index in [0.29, 0.717) is 45.4 Å². The van der Waals surface area contributed by atoms with Crippen molar-refractivity contribution in [3.8, 4) is 0 Å². The first-order chi connectivity index (χ1) is 20.7. The second kappa shape index (κ2) is 13.9. The van der Waals surface area contributed by atoms with Gasteiger partial charge < -0.3 is 24.7 Å². The van der Waals surface area contributed by atoms with Gasteiger partial charge in [0.1, 0.15) is 6.04 Å². The Morgan fingerprint density at radius 2 is 1.67 bits per heavy atom. The van der Waals surface area contributed by atoms with Crippen LogP contribution in [0.1, 0.15) is 59.8 Å². The Bertz CT molecular complexity index is 1190. The minimum Gasteiger partial charge on any atom is -0.396 e. The molecule has 43 heavy (non-hydrogen) atoms. The summed E-state index contributed by atoms with van der Waals surface area (Å²) in [5, 5.41) is 9.51. The van der Waals surface area contributed by atoms with Gasteiger partial charge in [-0.25, -0.2) is 0 Å². The Kier molecular flexibility index (Phi) is 10.7. The summed E-state index contributed by atoms with van der Waals surface area (Å²) >= 11 is 1.70. The molecule has 9 heteroatoms. The van der Waals surface area contributed by atoms with Gasteiger partial charge in [0, 0.05) is 62.0 Å². The zero-order valence-electron chi connectivity index (χ0n) is 26.5. The number of hydrogen-bond donors (Lipinski definition) is 1. The molecule has 1 spiro atoms. The first-order valence-corrected chi connectivity index (χ1v) is 16.8. The molecule has 1 aromatic carbocycles. The molecular weight excluding hydrogens is 560 g/mol. The van der Waals surface area contributed by atoms with Crippen LogP contribution in [-0.2, 0) is 14.4 Å². The fourth-order valence-corrected chi connectivity index (χ4v) is 10.0. The number of nitrogens with zero attached hydrogens (tertiary/aromatic N) is 4. The van der Waals surface area contributed by atoms with Crippen LogP contribution in [0.3, 0.4) is 0 Å². The van der Waals surface area contributed by atoms with Crippen molar-refractivity contribution < 1.29 is 19.5 Å². The molecule has 5 atom stereocenters. The lowest BCUT2D eigenvalue weighted by Crippen LogP contribution is -2.55. The van der Waals surface area contributed by atoms with Crippen molar-refractivity contribution in [3.63, 3.8) is 0 Å². The Morgan fingerprint density at radius 1 is 1.02 bits per heavy atom. The third kappa shape index (κ3) is 5.87. The maximum absolute atomic E-state index is 14.8. The minimum atomic E-state index is -0.699. The molecule has 0 saturated carbocycles. The SMILES string of the molecule is C=CCN(CCC)C(=O)[C@H]1[C@H]2C(=O)N(CCCCO)C(C(=O)N(CC=C)c3ccc(N(CC)CC)cc3)C23CC[C@]1(C)S3. The van der Waals surface area contributed by atoms with Gasteiger partial charge in [0.15, 0.2) is 0 Å². The summed E-state index contributed by atoms with van der Waals surface area (Å²) in [5.74, 6) is -1.29. The Balaban J connectivity index is 1.76. The van der Waals surface area contributed by atoms with Crippen LogP contribution in [0, 0.1) is 11.8 Å². The molecule has 3 heterocycles. The number of aliphatic hydroxyl groups is 1. The van der Waals surface area contributed by atoms with Crippen LogP contribution in [0.25, 0.3) is 0 Å². The lowest BCUT2D eigenvalue weighted by Gasteiger charge is -2.38. The molecular formula is C34H50N4O4S. The number of carbonyl (C=O) groups is 3. The van der Waals surface area contributed by atoms with Gasteiger partial charge in [-0.2, -0.15) is 0 Å². The number of unbranched alkanes of at least 4 members (excludes halogenated alkanes) is 1. The fourth-order valence-electron chi connectivity index (χ4n) is 7.66. The highest BCUT2D eigenvalue weighted by Crippen LogP contribution is 2.71. The number of thioether (sulfide) groups is 1. The number of hydrogen-bond acceptors (Lipinski definition) is 6. The summed E-state index contributed by atoms with van der Waals surface area (Å²) in [6.45, 7) is 19.7. The average Bonchev–Trinajstić information content (AvgIpc) is 3.57. The number of carbonyl (C=O) groups excluding carboxylic acids is 3. The summed E-state index contributed by atoms with van der Waals surface area (Å²) in [5.41, 5.74) is 1.86. The number of benzene rings is 1. The first-order valence-electron chi connectivity index (χ1n) is 16.0. The van der Waals surface area contributed by atoms with Gasteiger partial charge in [-0.1, -0.05) is 19.1 Å². The summed E-state index contributed by atoms with van der Waals surface area (Å²) < 4.78 is -1.11. The highest BCUT2D eigenvalue weighted by atomic mass is 32.2. The molecule has 3 amide bonds. The van der Waals surface area contributed by atoms with E-state index in [1.807, 2.05) is 36.1 Å². The van der Waals surface area contributed by atoms with E-state index in [2.05, 4.69) is 38.8 Å². The predicted molar refractivity (Wildman–Crippen MR) is 176 cm³/mol.